The molecule has 3 aromatic carbocycles. The van der Waals surface area contributed by atoms with Crippen LogP contribution in [0.25, 0.3) is 0 Å². The summed E-state index contributed by atoms with van der Waals surface area (Å²) in [6, 6.07) is 21.8. The molecule has 0 saturated heterocycles. The van der Waals surface area contributed by atoms with Gasteiger partial charge in [-0.1, -0.05) is 42.5 Å². The Bertz CT molecular complexity index is 909. The van der Waals surface area contributed by atoms with E-state index in [1.165, 1.54) is 6.07 Å². The highest BCUT2D eigenvalue weighted by atomic mass is 19.4. The molecule has 1 N–H and O–H groups in total. The number of anilines is 1. The summed E-state index contributed by atoms with van der Waals surface area (Å²) >= 11 is 0. The first-order valence-electron chi connectivity index (χ1n) is 8.24. The van der Waals surface area contributed by atoms with Crippen molar-refractivity contribution in [2.24, 2.45) is 5.10 Å². The maximum Gasteiger partial charge on any atom is 0.416 e. The first-order chi connectivity index (χ1) is 13.0. The Labute approximate surface area is 155 Å². The average Bonchev–Trinajstić information content (AvgIpc) is 2.68. The van der Waals surface area contributed by atoms with E-state index in [0.29, 0.717) is 16.9 Å². The lowest BCUT2D eigenvalue weighted by Gasteiger charge is -2.11. The summed E-state index contributed by atoms with van der Waals surface area (Å²) in [6.07, 6.45) is -2.77. The average molecular weight is 370 g/mol. The van der Waals surface area contributed by atoms with Crippen molar-refractivity contribution in [3.05, 3.63) is 95.6 Å². The first-order valence-corrected chi connectivity index (χ1v) is 8.24. The fourth-order valence-corrected chi connectivity index (χ4v) is 2.41. The lowest BCUT2D eigenvalue weighted by Crippen LogP contribution is -2.06. The van der Waals surface area contributed by atoms with Crippen molar-refractivity contribution >= 4 is 11.9 Å². The van der Waals surface area contributed by atoms with Gasteiger partial charge in [-0.25, -0.2) is 0 Å². The third kappa shape index (κ3) is 5.34. The molecule has 0 fully saturated rings. The number of ether oxygens (including phenoxy) is 1. The van der Waals surface area contributed by atoms with Gasteiger partial charge in [-0.05, 0) is 42.0 Å². The van der Waals surface area contributed by atoms with Gasteiger partial charge in [-0.2, -0.15) is 18.3 Å². The fraction of sp³-hybridized carbons (Fsp3) is 0.0952. The van der Waals surface area contributed by atoms with E-state index in [9.17, 15) is 13.2 Å². The minimum Gasteiger partial charge on any atom is -0.488 e. The zero-order valence-corrected chi connectivity index (χ0v) is 14.3. The molecule has 0 bridgehead atoms. The number of rotatable bonds is 6. The highest BCUT2D eigenvalue weighted by molar-refractivity contribution is 5.84. The van der Waals surface area contributed by atoms with Gasteiger partial charge in [0.15, 0.2) is 0 Å². The molecule has 0 aliphatic rings. The van der Waals surface area contributed by atoms with Crippen LogP contribution in [0.5, 0.6) is 5.75 Å². The van der Waals surface area contributed by atoms with Gasteiger partial charge in [0.05, 0.1) is 17.5 Å². The van der Waals surface area contributed by atoms with Crippen LogP contribution in [0.3, 0.4) is 0 Å². The number of benzene rings is 3. The maximum absolute atomic E-state index is 12.8. The Morgan fingerprint density at radius 1 is 0.889 bits per heavy atom. The van der Waals surface area contributed by atoms with Gasteiger partial charge >= 0.3 is 6.18 Å². The summed E-state index contributed by atoms with van der Waals surface area (Å²) in [4.78, 5) is 0. The first kappa shape index (κ1) is 18.5. The van der Waals surface area contributed by atoms with Crippen LogP contribution in [0.2, 0.25) is 0 Å². The van der Waals surface area contributed by atoms with Crippen molar-refractivity contribution in [3.63, 3.8) is 0 Å². The van der Waals surface area contributed by atoms with Crippen molar-refractivity contribution in [2.45, 2.75) is 12.8 Å². The van der Waals surface area contributed by atoms with Gasteiger partial charge in [0, 0.05) is 5.56 Å². The van der Waals surface area contributed by atoms with Crippen LogP contribution >= 0.6 is 0 Å². The largest absolute Gasteiger partial charge is 0.488 e. The molecule has 138 valence electrons. The number of hydrogen-bond acceptors (Lipinski definition) is 3. The van der Waals surface area contributed by atoms with E-state index in [2.05, 4.69) is 10.5 Å². The Hall–Kier alpha value is -3.28. The minimum atomic E-state index is -4.37. The molecule has 6 heteroatoms. The van der Waals surface area contributed by atoms with Crippen molar-refractivity contribution in [2.75, 3.05) is 5.43 Å². The number of nitrogens with one attached hydrogen (secondary N) is 1. The van der Waals surface area contributed by atoms with Crippen LogP contribution < -0.4 is 10.2 Å². The third-order valence-corrected chi connectivity index (χ3v) is 3.74. The molecule has 0 amide bonds. The predicted octanol–water partition coefficient (Wildman–Crippen LogP) is 5.73. The molecule has 27 heavy (non-hydrogen) atoms. The molecule has 0 heterocycles. The normalized spacial score (nSPS) is 11.5. The summed E-state index contributed by atoms with van der Waals surface area (Å²) in [5.41, 5.74) is 4.22. The molecule has 0 aromatic heterocycles. The summed E-state index contributed by atoms with van der Waals surface area (Å²) < 4.78 is 44.1. The molecule has 0 spiro atoms. The van der Waals surface area contributed by atoms with Crippen molar-refractivity contribution in [1.29, 1.82) is 0 Å². The van der Waals surface area contributed by atoms with Gasteiger partial charge in [0.1, 0.15) is 12.4 Å². The van der Waals surface area contributed by atoms with Crippen LogP contribution in [0, 0.1) is 0 Å². The molecule has 3 nitrogen and oxygen atoms in total. The number of halogens is 3. The van der Waals surface area contributed by atoms with Crippen LogP contribution in [0.1, 0.15) is 16.7 Å². The molecule has 0 saturated carbocycles. The zero-order chi connectivity index (χ0) is 19.1. The predicted molar refractivity (Wildman–Crippen MR) is 99.9 cm³/mol. The minimum absolute atomic E-state index is 0.0287. The molecular weight excluding hydrogens is 353 g/mol. The van der Waals surface area contributed by atoms with E-state index in [0.717, 1.165) is 17.8 Å². The van der Waals surface area contributed by atoms with Gasteiger partial charge in [0.25, 0.3) is 0 Å². The maximum atomic E-state index is 12.8. The van der Waals surface area contributed by atoms with Gasteiger partial charge in [0.2, 0.25) is 0 Å². The van der Waals surface area contributed by atoms with Crippen molar-refractivity contribution < 1.29 is 17.9 Å². The molecule has 3 aromatic rings. The van der Waals surface area contributed by atoms with Crippen LogP contribution in [-0.4, -0.2) is 6.21 Å². The second kappa shape index (κ2) is 8.40. The van der Waals surface area contributed by atoms with E-state index in [-0.39, 0.29) is 6.61 Å². The zero-order valence-electron chi connectivity index (χ0n) is 14.3. The van der Waals surface area contributed by atoms with E-state index in [1.54, 1.807) is 24.4 Å². The van der Waals surface area contributed by atoms with E-state index >= 15 is 0 Å². The Balaban J connectivity index is 1.68. The van der Waals surface area contributed by atoms with E-state index < -0.39 is 11.7 Å². The van der Waals surface area contributed by atoms with E-state index in [4.69, 9.17) is 4.74 Å². The molecule has 0 aliphatic carbocycles. The Kier molecular flexibility index (Phi) is 5.76. The van der Waals surface area contributed by atoms with Crippen LogP contribution in [-0.2, 0) is 12.8 Å². The van der Waals surface area contributed by atoms with E-state index in [1.807, 2.05) is 42.5 Å². The number of para-hydroxylation sites is 2. The monoisotopic (exact) mass is 370 g/mol. The highest BCUT2D eigenvalue weighted by Gasteiger charge is 2.30. The lowest BCUT2D eigenvalue weighted by atomic mass is 10.1. The summed E-state index contributed by atoms with van der Waals surface area (Å²) in [5.74, 6) is 0.536. The van der Waals surface area contributed by atoms with Crippen LogP contribution in [0.4, 0.5) is 18.9 Å². The molecule has 0 atom stereocenters. The smallest absolute Gasteiger partial charge is 0.416 e. The quantitative estimate of drug-likeness (QED) is 0.444. The number of nitrogens with zero attached hydrogens (tertiary/aromatic N) is 1. The second-order valence-electron chi connectivity index (χ2n) is 5.76. The van der Waals surface area contributed by atoms with Gasteiger partial charge in [-0.3, -0.25) is 5.43 Å². The van der Waals surface area contributed by atoms with Gasteiger partial charge in [-0.15, -0.1) is 0 Å². The number of alkyl halides is 3. The summed E-state index contributed by atoms with van der Waals surface area (Å²) in [6.45, 7) is 0.0287. The molecule has 0 radical (unpaired) electrons. The Morgan fingerprint density at radius 2 is 1.63 bits per heavy atom. The Morgan fingerprint density at radius 3 is 2.41 bits per heavy atom. The summed E-state index contributed by atoms with van der Waals surface area (Å²) in [5, 5.41) is 4.17. The third-order valence-electron chi connectivity index (χ3n) is 3.74. The van der Waals surface area contributed by atoms with Crippen LogP contribution in [0.15, 0.2) is 84.0 Å². The molecule has 3 rings (SSSR count). The topological polar surface area (TPSA) is 33.6 Å². The number of hydrogen-bond donors (Lipinski definition) is 1. The van der Waals surface area contributed by atoms with Gasteiger partial charge < -0.3 is 4.74 Å². The molecule has 0 unspecified atom stereocenters. The van der Waals surface area contributed by atoms with Crippen molar-refractivity contribution in [3.8, 4) is 5.75 Å². The number of hydrazone groups is 1. The molecule has 0 aliphatic heterocycles. The highest BCUT2D eigenvalue weighted by Crippen LogP contribution is 2.29. The lowest BCUT2D eigenvalue weighted by molar-refractivity contribution is -0.137. The SMILES string of the molecule is FC(F)(F)c1cccc(COc2ccccc2C=NNc2ccccc2)c1. The van der Waals surface area contributed by atoms with Crippen molar-refractivity contribution in [1.82, 2.24) is 0 Å². The standard InChI is InChI=1S/C21H17F3N2O/c22-21(23,24)18-9-6-7-16(13-18)15-27-20-12-5-4-8-17(20)14-25-26-19-10-2-1-3-11-19/h1-14,26H,15H2. The summed E-state index contributed by atoms with van der Waals surface area (Å²) in [7, 11) is 0. The molecular formula is C21H17F3N2O. The second-order valence-corrected chi connectivity index (χ2v) is 5.76. The fourth-order valence-electron chi connectivity index (χ4n) is 2.41.